The number of hydrazone groups is 1. The highest BCUT2D eigenvalue weighted by Gasteiger charge is 2.32. The molecule has 0 radical (unpaired) electrons. The van der Waals surface area contributed by atoms with Gasteiger partial charge in [0.15, 0.2) is 0 Å². The predicted octanol–water partition coefficient (Wildman–Crippen LogP) is 6.08. The first-order valence-electron chi connectivity index (χ1n) is 11.1. The average molecular weight is 490 g/mol. The number of allylic oxidation sites excluding steroid dienone is 1. The van der Waals surface area contributed by atoms with Crippen LogP contribution in [0, 0.1) is 0 Å². The van der Waals surface area contributed by atoms with Crippen LogP contribution in [0.5, 0.6) is 0 Å². The summed E-state index contributed by atoms with van der Waals surface area (Å²) in [5.74, 6) is 5.29. The van der Waals surface area contributed by atoms with Crippen LogP contribution in [0.3, 0.4) is 0 Å². The van der Waals surface area contributed by atoms with Crippen molar-refractivity contribution in [2.24, 2.45) is 10.9 Å². The van der Waals surface area contributed by atoms with Crippen molar-refractivity contribution in [1.29, 1.82) is 0 Å². The summed E-state index contributed by atoms with van der Waals surface area (Å²) in [6, 6.07) is 22.7. The maximum atomic E-state index is 6.31. The maximum Gasteiger partial charge on any atom is 0.0760 e. The van der Waals surface area contributed by atoms with Crippen LogP contribution in [-0.2, 0) is 13.0 Å². The second kappa shape index (κ2) is 9.65. The lowest BCUT2D eigenvalue weighted by molar-refractivity contribution is 0.202. The van der Waals surface area contributed by atoms with Crippen LogP contribution in [0.4, 0.5) is 0 Å². The molecule has 1 atom stereocenters. The summed E-state index contributed by atoms with van der Waals surface area (Å²) < 4.78 is 0. The number of halogens is 2. The normalized spacial score (nSPS) is 16.1. The van der Waals surface area contributed by atoms with Gasteiger partial charge in [0, 0.05) is 39.7 Å². The lowest BCUT2D eigenvalue weighted by Crippen LogP contribution is -2.35. The number of para-hydroxylation sites is 1. The van der Waals surface area contributed by atoms with Crippen molar-refractivity contribution >= 4 is 45.9 Å². The number of nitrogens with one attached hydrogen (secondary N) is 2. The molecule has 5 rings (SSSR count). The standard InChI is InChI=1S/C27H25Cl2N5/c1-17(15-31-33-30)19-5-4-6-20(13-19)27-26-24(23-7-2-3-8-25(23)32-26)9-10-34(27)16-18-11-21(28)14-22(29)12-18/h2-8,11-15,27,32-33H,1,9-10,16,30H2/b31-15-. The van der Waals surface area contributed by atoms with Crippen molar-refractivity contribution in [3.63, 3.8) is 0 Å². The summed E-state index contributed by atoms with van der Waals surface area (Å²) in [6.07, 6.45) is 2.59. The zero-order valence-corrected chi connectivity index (χ0v) is 20.1. The van der Waals surface area contributed by atoms with E-state index in [0.717, 1.165) is 41.7 Å². The Morgan fingerprint density at radius 1 is 1.12 bits per heavy atom. The molecule has 0 spiro atoms. The first kappa shape index (κ1) is 22.7. The number of aromatic nitrogens is 1. The minimum absolute atomic E-state index is 0.0335. The number of hydrazine groups is 1. The number of rotatable bonds is 6. The molecule has 0 amide bonds. The molecule has 1 aliphatic rings. The Kier molecular flexibility index (Phi) is 6.44. The topological polar surface area (TPSA) is 69.4 Å². The molecule has 7 heteroatoms. The fourth-order valence-corrected chi connectivity index (χ4v) is 5.44. The van der Waals surface area contributed by atoms with Gasteiger partial charge in [-0.3, -0.25) is 4.90 Å². The second-order valence-corrected chi connectivity index (χ2v) is 9.37. The lowest BCUT2D eigenvalue weighted by Gasteiger charge is -2.36. The quantitative estimate of drug-likeness (QED) is 0.174. The van der Waals surface area contributed by atoms with Gasteiger partial charge in [-0.2, -0.15) is 5.10 Å². The summed E-state index contributed by atoms with van der Waals surface area (Å²) in [6.45, 7) is 5.77. The van der Waals surface area contributed by atoms with Crippen molar-refractivity contribution in [2.45, 2.75) is 19.0 Å². The van der Waals surface area contributed by atoms with Crippen LogP contribution in [0.15, 0.2) is 78.4 Å². The van der Waals surface area contributed by atoms with Crippen LogP contribution >= 0.6 is 23.2 Å². The Hall–Kier alpha value is -3.09. The Morgan fingerprint density at radius 3 is 2.71 bits per heavy atom. The molecule has 34 heavy (non-hydrogen) atoms. The van der Waals surface area contributed by atoms with Crippen molar-refractivity contribution < 1.29 is 0 Å². The van der Waals surface area contributed by atoms with Crippen molar-refractivity contribution in [1.82, 2.24) is 15.4 Å². The highest BCUT2D eigenvalue weighted by atomic mass is 35.5. The zero-order valence-electron chi connectivity index (χ0n) is 18.6. The molecule has 1 aliphatic heterocycles. The van der Waals surface area contributed by atoms with Crippen LogP contribution in [0.2, 0.25) is 10.0 Å². The van der Waals surface area contributed by atoms with Crippen molar-refractivity contribution in [2.75, 3.05) is 6.54 Å². The van der Waals surface area contributed by atoms with E-state index in [1.165, 1.54) is 22.2 Å². The Labute approximate surface area is 208 Å². The largest absolute Gasteiger partial charge is 0.357 e. The van der Waals surface area contributed by atoms with Gasteiger partial charge in [0.1, 0.15) is 0 Å². The molecule has 5 nitrogen and oxygen atoms in total. The molecule has 2 heterocycles. The zero-order chi connectivity index (χ0) is 23.7. The van der Waals surface area contributed by atoms with E-state index in [1.807, 2.05) is 18.2 Å². The van der Waals surface area contributed by atoms with E-state index in [4.69, 9.17) is 29.0 Å². The third kappa shape index (κ3) is 4.48. The van der Waals surface area contributed by atoms with E-state index in [2.05, 4.69) is 69.6 Å². The molecule has 4 N–H and O–H groups in total. The van der Waals surface area contributed by atoms with Gasteiger partial charge in [-0.05, 0) is 64.6 Å². The Morgan fingerprint density at radius 2 is 1.91 bits per heavy atom. The average Bonchev–Trinajstić information content (AvgIpc) is 3.20. The van der Waals surface area contributed by atoms with Gasteiger partial charge < -0.3 is 4.98 Å². The molecule has 0 fully saturated rings. The number of nitrogens with zero attached hydrogens (tertiary/aromatic N) is 2. The SMILES string of the molecule is C=C(/C=N\NN)c1cccc(C2c3[nH]c4ccccc4c3CCN2Cc2cc(Cl)cc(Cl)c2)c1. The Balaban J connectivity index is 1.60. The van der Waals surface area contributed by atoms with Gasteiger partial charge in [-0.25, -0.2) is 11.4 Å². The van der Waals surface area contributed by atoms with Gasteiger partial charge in [-0.1, -0.05) is 66.2 Å². The molecule has 4 aromatic rings. The minimum Gasteiger partial charge on any atom is -0.357 e. The molecule has 0 bridgehead atoms. The molecule has 1 aromatic heterocycles. The number of fused-ring (bicyclic) bond motifs is 3. The molecule has 0 aliphatic carbocycles. The number of hydrogen-bond acceptors (Lipinski definition) is 4. The molecule has 0 saturated heterocycles. The minimum atomic E-state index is 0.0335. The fourth-order valence-electron chi connectivity index (χ4n) is 4.87. The summed E-state index contributed by atoms with van der Waals surface area (Å²) in [5.41, 5.74) is 10.1. The first-order valence-corrected chi connectivity index (χ1v) is 11.9. The number of aromatic amines is 1. The number of H-pyrrole nitrogens is 1. The van der Waals surface area contributed by atoms with Gasteiger partial charge in [-0.15, -0.1) is 0 Å². The first-order chi connectivity index (χ1) is 16.5. The van der Waals surface area contributed by atoms with Crippen molar-refractivity contribution in [3.8, 4) is 0 Å². The summed E-state index contributed by atoms with van der Waals surface area (Å²) in [5, 5.41) is 6.48. The van der Waals surface area contributed by atoms with Crippen LogP contribution in [-0.4, -0.2) is 22.6 Å². The number of benzene rings is 3. The van der Waals surface area contributed by atoms with Gasteiger partial charge >= 0.3 is 0 Å². The van der Waals surface area contributed by atoms with Gasteiger partial charge in [0.25, 0.3) is 0 Å². The van der Waals surface area contributed by atoms with Crippen LogP contribution in [0.25, 0.3) is 16.5 Å². The molecule has 1 unspecified atom stereocenters. The van der Waals surface area contributed by atoms with E-state index < -0.39 is 0 Å². The Bertz CT molecular complexity index is 1370. The van der Waals surface area contributed by atoms with Crippen molar-refractivity contribution in [3.05, 3.63) is 111 Å². The van der Waals surface area contributed by atoms with Crippen LogP contribution < -0.4 is 11.4 Å². The summed E-state index contributed by atoms with van der Waals surface area (Å²) >= 11 is 12.6. The van der Waals surface area contributed by atoms with E-state index in [-0.39, 0.29) is 6.04 Å². The molecule has 0 saturated carbocycles. The number of nitrogens with two attached hydrogens (primary N) is 1. The third-order valence-corrected chi connectivity index (χ3v) is 6.75. The van der Waals surface area contributed by atoms with Gasteiger partial charge in [0.05, 0.1) is 12.3 Å². The monoisotopic (exact) mass is 489 g/mol. The number of hydrogen-bond donors (Lipinski definition) is 3. The van der Waals surface area contributed by atoms with Crippen LogP contribution in [0.1, 0.15) is 34.0 Å². The predicted molar refractivity (Wildman–Crippen MR) is 142 cm³/mol. The maximum absolute atomic E-state index is 6.31. The molecular weight excluding hydrogens is 465 g/mol. The van der Waals surface area contributed by atoms with E-state index in [0.29, 0.717) is 10.0 Å². The van der Waals surface area contributed by atoms with E-state index in [9.17, 15) is 0 Å². The second-order valence-electron chi connectivity index (χ2n) is 8.50. The highest BCUT2D eigenvalue weighted by Crippen LogP contribution is 2.40. The van der Waals surface area contributed by atoms with Gasteiger partial charge in [0.2, 0.25) is 0 Å². The summed E-state index contributed by atoms with van der Waals surface area (Å²) in [7, 11) is 0. The molecular formula is C27H25Cl2N5. The fraction of sp³-hybridized carbons (Fsp3) is 0.148. The third-order valence-electron chi connectivity index (χ3n) is 6.31. The van der Waals surface area contributed by atoms with E-state index >= 15 is 0 Å². The molecule has 3 aromatic carbocycles. The smallest absolute Gasteiger partial charge is 0.0760 e. The highest BCUT2D eigenvalue weighted by molar-refractivity contribution is 6.34. The molecule has 172 valence electrons. The summed E-state index contributed by atoms with van der Waals surface area (Å²) in [4.78, 5) is 6.19. The lowest BCUT2D eigenvalue weighted by atomic mass is 9.90. The van der Waals surface area contributed by atoms with E-state index in [1.54, 1.807) is 12.3 Å².